The zero-order valence-corrected chi connectivity index (χ0v) is 21.1. The van der Waals surface area contributed by atoms with Gasteiger partial charge in [-0.15, -0.1) is 0 Å². The summed E-state index contributed by atoms with van der Waals surface area (Å²) in [4.78, 5) is 28.4. The minimum atomic E-state index is -0.559. The number of carbonyl (C=O) groups is 2. The molecule has 2 atom stereocenters. The molecule has 0 aromatic heterocycles. The lowest BCUT2D eigenvalue weighted by atomic mass is 10.0. The first-order chi connectivity index (χ1) is 17.5. The number of amides is 2. The number of benzene rings is 3. The number of nitrogens with zero attached hydrogens (tertiary/aromatic N) is 1. The van der Waals surface area contributed by atoms with E-state index in [1.807, 2.05) is 42.2 Å². The third-order valence-corrected chi connectivity index (χ3v) is 6.45. The third kappa shape index (κ3) is 5.15. The Balaban J connectivity index is 1.63. The highest BCUT2D eigenvalue weighted by molar-refractivity contribution is 6.04. The number of anilines is 1. The molecule has 0 radical (unpaired) electrons. The smallest absolute Gasteiger partial charge is 0.264 e. The molecule has 1 aliphatic rings. The zero-order chi connectivity index (χ0) is 25.7. The summed E-state index contributed by atoms with van der Waals surface area (Å²) in [5.41, 5.74) is 2.99. The summed E-state index contributed by atoms with van der Waals surface area (Å²) in [6, 6.07) is 20.5. The Morgan fingerprint density at radius 1 is 1.03 bits per heavy atom. The van der Waals surface area contributed by atoms with E-state index in [0.29, 0.717) is 41.5 Å². The Kier molecular flexibility index (Phi) is 7.78. The molecule has 1 N–H and O–H groups in total. The van der Waals surface area contributed by atoms with Crippen LogP contribution >= 0.6 is 0 Å². The molecular weight excluding hydrogens is 456 g/mol. The van der Waals surface area contributed by atoms with Gasteiger partial charge in [-0.25, -0.2) is 0 Å². The van der Waals surface area contributed by atoms with Gasteiger partial charge in [-0.1, -0.05) is 44.2 Å². The van der Waals surface area contributed by atoms with Gasteiger partial charge < -0.3 is 24.4 Å². The Labute approximate surface area is 212 Å². The number of nitrogens with one attached hydrogen (secondary N) is 1. The van der Waals surface area contributed by atoms with Crippen LogP contribution in [0.2, 0.25) is 0 Å². The fraction of sp³-hybridized carbons (Fsp3) is 0.310. The van der Waals surface area contributed by atoms with Crippen LogP contribution in [0.1, 0.15) is 54.2 Å². The highest BCUT2D eigenvalue weighted by atomic mass is 16.5. The molecule has 0 fully saturated rings. The van der Waals surface area contributed by atoms with Gasteiger partial charge in [0.1, 0.15) is 5.75 Å². The lowest BCUT2D eigenvalue weighted by molar-refractivity contribution is -0.141. The van der Waals surface area contributed by atoms with Crippen LogP contribution in [0.15, 0.2) is 66.7 Å². The molecule has 3 aromatic carbocycles. The predicted molar refractivity (Wildman–Crippen MR) is 139 cm³/mol. The Morgan fingerprint density at radius 3 is 2.44 bits per heavy atom. The molecule has 1 aliphatic heterocycles. The van der Waals surface area contributed by atoms with Gasteiger partial charge in [0.2, 0.25) is 0 Å². The number of carbonyl (C=O) groups excluding carboxylic acids is 2. The molecule has 3 aromatic rings. The molecule has 4 rings (SSSR count). The number of hydrogen-bond acceptors (Lipinski definition) is 5. The van der Waals surface area contributed by atoms with Crippen LogP contribution in [0.4, 0.5) is 5.69 Å². The van der Waals surface area contributed by atoms with E-state index < -0.39 is 6.10 Å². The Bertz CT molecular complexity index is 1230. The second-order valence-electron chi connectivity index (χ2n) is 8.66. The number of rotatable bonds is 8. The molecule has 36 heavy (non-hydrogen) atoms. The number of hydrogen-bond donors (Lipinski definition) is 1. The van der Waals surface area contributed by atoms with Crippen molar-refractivity contribution < 1.29 is 23.8 Å². The second-order valence-corrected chi connectivity index (χ2v) is 8.66. The van der Waals surface area contributed by atoms with Gasteiger partial charge in [0.15, 0.2) is 17.6 Å². The van der Waals surface area contributed by atoms with Crippen molar-refractivity contribution in [2.75, 3.05) is 19.5 Å². The first-order valence-corrected chi connectivity index (χ1v) is 12.2. The summed E-state index contributed by atoms with van der Waals surface area (Å²) in [7, 11) is 3.08. The standard InChI is InChI=1S/C29H32N2O5/c1-5-23(19-10-8-7-9-11-19)31-18-21-16-22(13-15-25(21)36-24(6-2)29(31)33)30-28(32)20-12-14-26(34-3)27(17-20)35-4/h7-17,23-24H,5-6,18H2,1-4H3,(H,30,32)/t23-,24-/m0/s1. The van der Waals surface area contributed by atoms with Crippen molar-refractivity contribution >= 4 is 17.5 Å². The number of ether oxygens (including phenoxy) is 3. The summed E-state index contributed by atoms with van der Waals surface area (Å²) >= 11 is 0. The highest BCUT2D eigenvalue weighted by Gasteiger charge is 2.34. The van der Waals surface area contributed by atoms with E-state index in [2.05, 4.69) is 24.4 Å². The molecule has 0 unspecified atom stereocenters. The van der Waals surface area contributed by atoms with Gasteiger partial charge in [0.25, 0.3) is 11.8 Å². The maximum atomic E-state index is 13.5. The summed E-state index contributed by atoms with van der Waals surface area (Å²) in [5.74, 6) is 1.38. The average molecular weight is 489 g/mol. The van der Waals surface area contributed by atoms with E-state index in [-0.39, 0.29) is 17.9 Å². The molecule has 0 saturated heterocycles. The fourth-order valence-electron chi connectivity index (χ4n) is 4.56. The SMILES string of the molecule is CC[C@@H]1Oc2ccc(NC(=O)c3ccc(OC)c(OC)c3)cc2CN([C@@H](CC)c2ccccc2)C1=O. The lowest BCUT2D eigenvalue weighted by Crippen LogP contribution is -2.41. The third-order valence-electron chi connectivity index (χ3n) is 6.45. The number of fused-ring (bicyclic) bond motifs is 1. The van der Waals surface area contributed by atoms with Crippen molar-refractivity contribution in [3.63, 3.8) is 0 Å². The van der Waals surface area contributed by atoms with Gasteiger partial charge >= 0.3 is 0 Å². The summed E-state index contributed by atoms with van der Waals surface area (Å²) < 4.78 is 16.7. The van der Waals surface area contributed by atoms with E-state index in [9.17, 15) is 9.59 Å². The van der Waals surface area contributed by atoms with E-state index in [4.69, 9.17) is 14.2 Å². The van der Waals surface area contributed by atoms with E-state index in [1.54, 1.807) is 31.4 Å². The van der Waals surface area contributed by atoms with Gasteiger partial charge in [-0.2, -0.15) is 0 Å². The first kappa shape index (κ1) is 25.1. The largest absolute Gasteiger partial charge is 0.493 e. The van der Waals surface area contributed by atoms with E-state index in [1.165, 1.54) is 7.11 Å². The van der Waals surface area contributed by atoms with Crippen LogP contribution in [0.25, 0.3) is 0 Å². The zero-order valence-electron chi connectivity index (χ0n) is 21.1. The molecule has 1 heterocycles. The molecule has 7 heteroatoms. The van der Waals surface area contributed by atoms with Crippen LogP contribution < -0.4 is 19.5 Å². The second kappa shape index (κ2) is 11.2. The Hall–Kier alpha value is -4.00. The van der Waals surface area contributed by atoms with Crippen molar-refractivity contribution in [3.8, 4) is 17.2 Å². The Morgan fingerprint density at radius 2 is 1.78 bits per heavy atom. The summed E-state index contributed by atoms with van der Waals surface area (Å²) in [6.07, 6.45) is 0.783. The van der Waals surface area contributed by atoms with Crippen LogP contribution in [0.3, 0.4) is 0 Å². The molecular formula is C29H32N2O5. The molecule has 2 amide bonds. The highest BCUT2D eigenvalue weighted by Crippen LogP contribution is 2.35. The maximum Gasteiger partial charge on any atom is 0.264 e. The van der Waals surface area contributed by atoms with Crippen molar-refractivity contribution in [3.05, 3.63) is 83.4 Å². The van der Waals surface area contributed by atoms with Gasteiger partial charge in [0, 0.05) is 16.8 Å². The summed E-state index contributed by atoms with van der Waals surface area (Å²) in [5, 5.41) is 2.95. The molecule has 0 bridgehead atoms. The molecule has 7 nitrogen and oxygen atoms in total. The molecule has 0 spiro atoms. The van der Waals surface area contributed by atoms with Crippen LogP contribution in [-0.4, -0.2) is 37.0 Å². The van der Waals surface area contributed by atoms with Gasteiger partial charge in [0.05, 0.1) is 26.8 Å². The molecule has 0 aliphatic carbocycles. The monoisotopic (exact) mass is 488 g/mol. The van der Waals surface area contributed by atoms with Crippen LogP contribution in [-0.2, 0) is 11.3 Å². The maximum absolute atomic E-state index is 13.5. The topological polar surface area (TPSA) is 77.1 Å². The minimum absolute atomic E-state index is 0.0275. The van der Waals surface area contributed by atoms with Gasteiger partial charge in [-0.3, -0.25) is 9.59 Å². The lowest BCUT2D eigenvalue weighted by Gasteiger charge is -2.32. The van der Waals surface area contributed by atoms with Crippen molar-refractivity contribution in [2.24, 2.45) is 0 Å². The van der Waals surface area contributed by atoms with Crippen molar-refractivity contribution in [2.45, 2.75) is 45.4 Å². The van der Waals surface area contributed by atoms with E-state index in [0.717, 1.165) is 17.5 Å². The summed E-state index contributed by atoms with van der Waals surface area (Å²) in [6.45, 7) is 4.42. The normalized spacial score (nSPS) is 15.8. The van der Waals surface area contributed by atoms with Crippen molar-refractivity contribution in [1.82, 2.24) is 4.90 Å². The van der Waals surface area contributed by atoms with Crippen molar-refractivity contribution in [1.29, 1.82) is 0 Å². The first-order valence-electron chi connectivity index (χ1n) is 12.2. The average Bonchev–Trinajstić information content (AvgIpc) is 3.05. The molecule has 0 saturated carbocycles. The molecule has 188 valence electrons. The van der Waals surface area contributed by atoms with Crippen LogP contribution in [0, 0.1) is 0 Å². The number of methoxy groups -OCH3 is 2. The quantitative estimate of drug-likeness (QED) is 0.446. The predicted octanol–water partition coefficient (Wildman–Crippen LogP) is 5.61. The van der Waals surface area contributed by atoms with E-state index >= 15 is 0 Å². The van der Waals surface area contributed by atoms with Crippen LogP contribution in [0.5, 0.6) is 17.2 Å². The fourth-order valence-corrected chi connectivity index (χ4v) is 4.56. The minimum Gasteiger partial charge on any atom is -0.493 e. The van der Waals surface area contributed by atoms with Gasteiger partial charge in [-0.05, 0) is 54.8 Å².